The lowest BCUT2D eigenvalue weighted by atomic mass is 9.44. The predicted molar refractivity (Wildman–Crippen MR) is 91.6 cm³/mol. The molecule has 1 aliphatic heterocycles. The van der Waals surface area contributed by atoms with Crippen molar-refractivity contribution in [3.8, 4) is 0 Å². The van der Waals surface area contributed by atoms with E-state index in [1.165, 1.54) is 38.5 Å². The van der Waals surface area contributed by atoms with Crippen molar-refractivity contribution in [1.82, 2.24) is 0 Å². The summed E-state index contributed by atoms with van der Waals surface area (Å²) in [7, 11) is 1.89. The van der Waals surface area contributed by atoms with Gasteiger partial charge in [0.25, 0.3) is 0 Å². The maximum atomic E-state index is 12.5. The van der Waals surface area contributed by atoms with Crippen LogP contribution in [0.3, 0.4) is 0 Å². The van der Waals surface area contributed by atoms with Gasteiger partial charge in [-0.2, -0.15) is 0 Å². The Morgan fingerprint density at radius 3 is 2.71 bits per heavy atom. The summed E-state index contributed by atoms with van der Waals surface area (Å²) in [5, 5.41) is 0. The molecule has 0 amide bonds. The monoisotopic (exact) mass is 332 g/mol. The lowest BCUT2D eigenvalue weighted by Crippen LogP contribution is -2.57. The minimum atomic E-state index is -0.00222. The molecule has 5 aliphatic rings. The third-order valence-electron chi connectivity index (χ3n) is 9.18. The maximum Gasteiger partial charge on any atom is 0.139 e. The number of Topliss-reactive ketones (excluding diaryl/α,β-unsaturated/α-hetero) is 1. The smallest absolute Gasteiger partial charge is 0.139 e. The van der Waals surface area contributed by atoms with Gasteiger partial charge in [0.15, 0.2) is 0 Å². The SMILES string of the molecule is COCC12CCC3(CO3)CC1CCC1C3CCC(=O)C3(C)CCC12. The Hall–Kier alpha value is -0.410. The minimum absolute atomic E-state index is 0.00222. The Labute approximate surface area is 145 Å². The van der Waals surface area contributed by atoms with E-state index in [0.717, 1.165) is 50.2 Å². The van der Waals surface area contributed by atoms with Gasteiger partial charge in [-0.3, -0.25) is 4.79 Å². The number of hydrogen-bond acceptors (Lipinski definition) is 3. The van der Waals surface area contributed by atoms with Gasteiger partial charge in [0, 0.05) is 18.9 Å². The summed E-state index contributed by atoms with van der Waals surface area (Å²) in [6.07, 6.45) is 10.8. The molecule has 3 nitrogen and oxygen atoms in total. The van der Waals surface area contributed by atoms with Gasteiger partial charge in [0.05, 0.1) is 18.8 Å². The number of fused-ring (bicyclic) bond motifs is 5. The van der Waals surface area contributed by atoms with E-state index in [1.54, 1.807) is 0 Å². The van der Waals surface area contributed by atoms with Crippen LogP contribution >= 0.6 is 0 Å². The number of carbonyl (C=O) groups excluding carboxylic acids is 1. The van der Waals surface area contributed by atoms with Gasteiger partial charge in [0.1, 0.15) is 5.78 Å². The molecule has 5 rings (SSSR count). The van der Waals surface area contributed by atoms with Crippen LogP contribution in [0.15, 0.2) is 0 Å². The molecule has 0 radical (unpaired) electrons. The largest absolute Gasteiger partial charge is 0.384 e. The lowest BCUT2D eigenvalue weighted by molar-refractivity contribution is -0.156. The van der Waals surface area contributed by atoms with Gasteiger partial charge in [-0.1, -0.05) is 6.92 Å². The predicted octanol–water partition coefficient (Wildman–Crippen LogP) is 3.99. The highest BCUT2D eigenvalue weighted by Gasteiger charge is 2.64. The molecule has 0 N–H and O–H groups in total. The Balaban J connectivity index is 1.48. The molecule has 0 aromatic heterocycles. The number of ether oxygens (including phenoxy) is 2. The Kier molecular flexibility index (Phi) is 3.34. The van der Waals surface area contributed by atoms with Crippen molar-refractivity contribution in [2.75, 3.05) is 20.3 Å². The van der Waals surface area contributed by atoms with Crippen LogP contribution in [-0.2, 0) is 14.3 Å². The van der Waals surface area contributed by atoms with Gasteiger partial charge in [0.2, 0.25) is 0 Å². The third kappa shape index (κ3) is 1.95. The molecule has 0 aromatic rings. The van der Waals surface area contributed by atoms with Gasteiger partial charge >= 0.3 is 0 Å². The second-order valence-electron chi connectivity index (χ2n) is 9.91. The van der Waals surface area contributed by atoms with Crippen LogP contribution in [0, 0.1) is 34.5 Å². The van der Waals surface area contributed by atoms with E-state index in [-0.39, 0.29) is 11.0 Å². The zero-order chi connectivity index (χ0) is 16.6. The van der Waals surface area contributed by atoms with Crippen LogP contribution in [0.5, 0.6) is 0 Å². The summed E-state index contributed by atoms with van der Waals surface area (Å²) >= 11 is 0. The van der Waals surface area contributed by atoms with E-state index in [2.05, 4.69) is 6.92 Å². The highest BCUT2D eigenvalue weighted by molar-refractivity contribution is 5.87. The number of carbonyl (C=O) groups is 1. The van der Waals surface area contributed by atoms with Crippen molar-refractivity contribution in [2.24, 2.45) is 34.5 Å². The fraction of sp³-hybridized carbons (Fsp3) is 0.952. The van der Waals surface area contributed by atoms with Crippen molar-refractivity contribution >= 4 is 5.78 Å². The topological polar surface area (TPSA) is 38.8 Å². The Morgan fingerprint density at radius 2 is 1.96 bits per heavy atom. The quantitative estimate of drug-likeness (QED) is 0.718. The highest BCUT2D eigenvalue weighted by Crippen LogP contribution is 2.67. The molecule has 24 heavy (non-hydrogen) atoms. The van der Waals surface area contributed by atoms with Crippen LogP contribution in [0.2, 0.25) is 0 Å². The standard InChI is InChI=1S/C21H32O3/c1-19-8-7-17-15(16(19)5-6-18(19)22)4-3-14-11-20(12-24-20)9-10-21(14,17)13-23-2/h14-17H,3-13H2,1-2H3. The molecule has 7 unspecified atom stereocenters. The van der Waals surface area contributed by atoms with E-state index in [0.29, 0.717) is 17.1 Å². The molecule has 1 saturated heterocycles. The molecule has 1 heterocycles. The van der Waals surface area contributed by atoms with Gasteiger partial charge in [-0.15, -0.1) is 0 Å². The summed E-state index contributed by atoms with van der Waals surface area (Å²) in [4.78, 5) is 12.5. The summed E-state index contributed by atoms with van der Waals surface area (Å²) in [6, 6.07) is 0. The first-order chi connectivity index (χ1) is 11.5. The number of ketones is 1. The van der Waals surface area contributed by atoms with Crippen molar-refractivity contribution in [1.29, 1.82) is 0 Å². The van der Waals surface area contributed by atoms with E-state index in [9.17, 15) is 4.79 Å². The van der Waals surface area contributed by atoms with E-state index < -0.39 is 0 Å². The maximum absolute atomic E-state index is 12.5. The average molecular weight is 332 g/mol. The molecule has 1 spiro atoms. The number of methoxy groups -OCH3 is 1. The Bertz CT molecular complexity index is 553. The number of rotatable bonds is 2. The molecule has 5 fully saturated rings. The van der Waals surface area contributed by atoms with Crippen LogP contribution in [0.25, 0.3) is 0 Å². The van der Waals surface area contributed by atoms with Crippen molar-refractivity contribution in [3.63, 3.8) is 0 Å². The number of hydrogen-bond donors (Lipinski definition) is 0. The average Bonchev–Trinajstić information content (AvgIpc) is 3.26. The molecule has 3 heteroatoms. The van der Waals surface area contributed by atoms with Gasteiger partial charge in [-0.25, -0.2) is 0 Å². The molecule has 4 saturated carbocycles. The van der Waals surface area contributed by atoms with Crippen LogP contribution in [0.4, 0.5) is 0 Å². The summed E-state index contributed by atoms with van der Waals surface area (Å²) in [6.45, 7) is 4.20. The van der Waals surface area contributed by atoms with Crippen LogP contribution in [0.1, 0.15) is 64.7 Å². The first kappa shape index (κ1) is 15.8. The summed E-state index contributed by atoms with van der Waals surface area (Å²) in [5.74, 6) is 3.51. The Morgan fingerprint density at radius 1 is 1.12 bits per heavy atom. The molecule has 7 atom stereocenters. The molecule has 4 aliphatic carbocycles. The fourth-order valence-corrected chi connectivity index (χ4v) is 7.80. The third-order valence-corrected chi connectivity index (χ3v) is 9.18. The zero-order valence-corrected chi connectivity index (χ0v) is 15.3. The van der Waals surface area contributed by atoms with E-state index in [4.69, 9.17) is 9.47 Å². The first-order valence-corrected chi connectivity index (χ1v) is 10.2. The van der Waals surface area contributed by atoms with Crippen LogP contribution in [-0.4, -0.2) is 31.7 Å². The first-order valence-electron chi connectivity index (χ1n) is 10.2. The minimum Gasteiger partial charge on any atom is -0.384 e. The highest BCUT2D eigenvalue weighted by atomic mass is 16.6. The van der Waals surface area contributed by atoms with Gasteiger partial charge in [-0.05, 0) is 80.5 Å². The van der Waals surface area contributed by atoms with E-state index >= 15 is 0 Å². The molecular weight excluding hydrogens is 300 g/mol. The van der Waals surface area contributed by atoms with Crippen molar-refractivity contribution in [2.45, 2.75) is 70.3 Å². The summed E-state index contributed by atoms with van der Waals surface area (Å²) < 4.78 is 11.7. The molecule has 0 bridgehead atoms. The molecular formula is C21H32O3. The zero-order valence-electron chi connectivity index (χ0n) is 15.3. The van der Waals surface area contributed by atoms with Crippen molar-refractivity contribution in [3.05, 3.63) is 0 Å². The second kappa shape index (κ2) is 5.07. The van der Waals surface area contributed by atoms with Gasteiger partial charge < -0.3 is 9.47 Å². The second-order valence-corrected chi connectivity index (χ2v) is 9.91. The summed E-state index contributed by atoms with van der Waals surface area (Å²) in [5.41, 5.74) is 0.612. The molecule has 134 valence electrons. The number of epoxide rings is 1. The normalized spacial score (nSPS) is 55.8. The van der Waals surface area contributed by atoms with Crippen LogP contribution < -0.4 is 0 Å². The lowest BCUT2D eigenvalue weighted by Gasteiger charge is -2.61. The molecule has 0 aromatic carbocycles. The van der Waals surface area contributed by atoms with Crippen molar-refractivity contribution < 1.29 is 14.3 Å². The fourth-order valence-electron chi connectivity index (χ4n) is 7.80. The van der Waals surface area contributed by atoms with E-state index in [1.807, 2.05) is 7.11 Å².